The van der Waals surface area contributed by atoms with Gasteiger partial charge in [0.1, 0.15) is 4.60 Å². The maximum absolute atomic E-state index is 11.6. The lowest BCUT2D eigenvalue weighted by Gasteiger charge is -2.03. The van der Waals surface area contributed by atoms with E-state index in [9.17, 15) is 9.59 Å². The van der Waals surface area contributed by atoms with Crippen LogP contribution < -0.4 is 22.6 Å². The number of rotatable bonds is 1. The fourth-order valence-corrected chi connectivity index (χ4v) is 2.24. The van der Waals surface area contributed by atoms with Gasteiger partial charge >= 0.3 is 0 Å². The smallest absolute Gasteiger partial charge is 0.279 e. The van der Waals surface area contributed by atoms with E-state index in [0.717, 1.165) is 16.0 Å². The Balaban J connectivity index is 0.000000181. The summed E-state index contributed by atoms with van der Waals surface area (Å²) in [5.74, 6) is 0.470. The summed E-state index contributed by atoms with van der Waals surface area (Å²) in [6, 6.07) is 13.8. The van der Waals surface area contributed by atoms with Crippen molar-refractivity contribution in [3.63, 3.8) is 0 Å². The molecule has 160 valence electrons. The monoisotopic (exact) mass is 484 g/mol. The number of nitrogens with one attached hydrogen (secondary N) is 1. The topological polar surface area (TPSA) is 158 Å². The normalized spacial score (nSPS) is 9.65. The number of nitrogen functional groups attached to an aromatic ring is 2. The molecule has 0 spiro atoms. The van der Waals surface area contributed by atoms with E-state index in [4.69, 9.17) is 11.5 Å². The first-order chi connectivity index (χ1) is 14.8. The van der Waals surface area contributed by atoms with Crippen LogP contribution in [0.25, 0.3) is 5.82 Å². The van der Waals surface area contributed by atoms with E-state index in [1.54, 1.807) is 48.8 Å². The van der Waals surface area contributed by atoms with Gasteiger partial charge < -0.3 is 16.5 Å². The fourth-order valence-electron chi connectivity index (χ4n) is 2.03. The molecular weight excluding hydrogens is 464 g/mol. The van der Waals surface area contributed by atoms with Gasteiger partial charge in [-0.1, -0.05) is 0 Å². The van der Waals surface area contributed by atoms with E-state index in [0.29, 0.717) is 5.82 Å². The summed E-state index contributed by atoms with van der Waals surface area (Å²) in [5, 5.41) is 15.3. The minimum Gasteiger partial charge on any atom is -0.394 e. The van der Waals surface area contributed by atoms with Crippen LogP contribution in [0.5, 0.6) is 0 Å². The van der Waals surface area contributed by atoms with Gasteiger partial charge in [0.05, 0.1) is 22.8 Å². The molecule has 4 aromatic heterocycles. The molecule has 31 heavy (non-hydrogen) atoms. The average molecular weight is 485 g/mol. The zero-order valence-electron chi connectivity index (χ0n) is 16.9. The standard InChI is InChI=1S/C10H10N4O.C5H5BrN2.C5H6N2O/c1-7-4-5-9(13-12-7)14-6-2-3-8(11)10(14)15;1-4-2-3-5(6)8-7-4;6-4-2-1-3-7-5(4)8/h2-6H,11H2,1H3;2-3H,1H3;1-3H,6H2,(H,7,8). The number of hydrogen-bond acceptors (Lipinski definition) is 8. The molecule has 0 aliphatic rings. The highest BCUT2D eigenvalue weighted by molar-refractivity contribution is 9.10. The van der Waals surface area contributed by atoms with E-state index in [1.807, 2.05) is 26.0 Å². The maximum atomic E-state index is 11.6. The highest BCUT2D eigenvalue weighted by Crippen LogP contribution is 2.02. The predicted molar refractivity (Wildman–Crippen MR) is 123 cm³/mol. The molecule has 0 aliphatic carbocycles. The molecule has 0 bridgehead atoms. The second-order valence-electron chi connectivity index (χ2n) is 6.12. The largest absolute Gasteiger partial charge is 0.394 e. The van der Waals surface area contributed by atoms with Crippen LogP contribution in [0.2, 0.25) is 0 Å². The molecule has 0 aromatic carbocycles. The number of H-pyrrole nitrogens is 1. The summed E-state index contributed by atoms with van der Waals surface area (Å²) in [5.41, 5.74) is 12.4. The van der Waals surface area contributed by atoms with E-state index in [2.05, 4.69) is 41.3 Å². The van der Waals surface area contributed by atoms with Crippen LogP contribution in [0.15, 0.2) is 75.1 Å². The number of halogens is 1. The van der Waals surface area contributed by atoms with Crippen molar-refractivity contribution in [1.29, 1.82) is 0 Å². The third-order valence-corrected chi connectivity index (χ3v) is 4.04. The van der Waals surface area contributed by atoms with Crippen molar-refractivity contribution in [2.24, 2.45) is 0 Å². The van der Waals surface area contributed by atoms with Gasteiger partial charge in [-0.25, -0.2) is 0 Å². The van der Waals surface area contributed by atoms with Crippen LogP contribution in [0, 0.1) is 13.8 Å². The number of aryl methyl sites for hydroxylation is 2. The van der Waals surface area contributed by atoms with Crippen molar-refractivity contribution in [2.45, 2.75) is 13.8 Å². The first kappa shape index (κ1) is 23.4. The summed E-state index contributed by atoms with van der Waals surface area (Å²) in [4.78, 5) is 24.5. The molecule has 0 saturated carbocycles. The van der Waals surface area contributed by atoms with Crippen LogP contribution in [-0.2, 0) is 0 Å². The van der Waals surface area contributed by atoms with Crippen LogP contribution in [0.3, 0.4) is 0 Å². The van der Waals surface area contributed by atoms with E-state index < -0.39 is 0 Å². The second-order valence-corrected chi connectivity index (χ2v) is 6.94. The van der Waals surface area contributed by atoms with Crippen LogP contribution >= 0.6 is 15.9 Å². The van der Waals surface area contributed by atoms with Crippen molar-refractivity contribution in [3.05, 3.63) is 97.6 Å². The summed E-state index contributed by atoms with van der Waals surface area (Å²) in [6.07, 6.45) is 3.15. The first-order valence-corrected chi connectivity index (χ1v) is 9.74. The van der Waals surface area contributed by atoms with Gasteiger partial charge in [-0.15, -0.1) is 10.2 Å². The Bertz CT molecular complexity index is 1200. The lowest BCUT2D eigenvalue weighted by molar-refractivity contribution is 0.868. The Labute approximate surface area is 186 Å². The minimum atomic E-state index is -0.282. The Morgan fingerprint density at radius 1 is 0.839 bits per heavy atom. The quantitative estimate of drug-likeness (QED) is 0.369. The lowest BCUT2D eigenvalue weighted by atomic mass is 10.4. The van der Waals surface area contributed by atoms with Crippen LogP contribution in [0.1, 0.15) is 11.4 Å². The average Bonchev–Trinajstić information content (AvgIpc) is 2.76. The van der Waals surface area contributed by atoms with Gasteiger partial charge in [0.2, 0.25) is 0 Å². The molecule has 10 nitrogen and oxygen atoms in total. The number of nitrogens with zero attached hydrogens (tertiary/aromatic N) is 5. The molecule has 0 amide bonds. The lowest BCUT2D eigenvalue weighted by Crippen LogP contribution is -2.21. The summed E-state index contributed by atoms with van der Waals surface area (Å²) in [7, 11) is 0. The Morgan fingerprint density at radius 3 is 1.97 bits per heavy atom. The molecule has 0 radical (unpaired) electrons. The molecule has 0 unspecified atom stereocenters. The third-order valence-electron chi connectivity index (χ3n) is 3.62. The van der Waals surface area contributed by atoms with E-state index >= 15 is 0 Å². The number of hydrogen-bond donors (Lipinski definition) is 3. The molecule has 0 atom stereocenters. The predicted octanol–water partition coefficient (Wildman–Crippen LogP) is 2.02. The third kappa shape index (κ3) is 7.48. The molecule has 5 N–H and O–H groups in total. The van der Waals surface area contributed by atoms with Gasteiger partial charge in [0.15, 0.2) is 5.82 Å². The van der Waals surface area contributed by atoms with Gasteiger partial charge in [-0.3, -0.25) is 14.2 Å². The molecule has 0 aliphatic heterocycles. The number of aromatic amines is 1. The van der Waals surface area contributed by atoms with Crippen LogP contribution in [0.4, 0.5) is 11.4 Å². The van der Waals surface area contributed by atoms with Gasteiger partial charge in [-0.2, -0.15) is 10.2 Å². The molecular formula is C20H21BrN8O2. The Hall–Kier alpha value is -3.86. The highest BCUT2D eigenvalue weighted by Gasteiger charge is 2.02. The summed E-state index contributed by atoms with van der Waals surface area (Å²) < 4.78 is 2.14. The molecule has 4 aromatic rings. The van der Waals surface area contributed by atoms with Gasteiger partial charge in [-0.05, 0) is 78.3 Å². The van der Waals surface area contributed by atoms with E-state index in [1.165, 1.54) is 4.57 Å². The molecule has 4 rings (SSSR count). The Kier molecular flexibility index (Phi) is 8.58. The second kappa shape index (κ2) is 11.4. The zero-order chi connectivity index (χ0) is 22.8. The number of nitrogens with two attached hydrogens (primary N) is 2. The van der Waals surface area contributed by atoms with Crippen molar-refractivity contribution in [3.8, 4) is 5.82 Å². The van der Waals surface area contributed by atoms with Crippen molar-refractivity contribution in [2.75, 3.05) is 11.5 Å². The van der Waals surface area contributed by atoms with E-state index in [-0.39, 0.29) is 22.5 Å². The van der Waals surface area contributed by atoms with Crippen molar-refractivity contribution < 1.29 is 0 Å². The zero-order valence-corrected chi connectivity index (χ0v) is 18.4. The molecule has 0 fully saturated rings. The van der Waals surface area contributed by atoms with Crippen molar-refractivity contribution >= 4 is 27.3 Å². The number of pyridine rings is 2. The van der Waals surface area contributed by atoms with Crippen molar-refractivity contribution in [1.82, 2.24) is 29.9 Å². The highest BCUT2D eigenvalue weighted by atomic mass is 79.9. The minimum absolute atomic E-state index is 0.194. The Morgan fingerprint density at radius 2 is 1.48 bits per heavy atom. The maximum Gasteiger partial charge on any atom is 0.279 e. The first-order valence-electron chi connectivity index (χ1n) is 8.95. The fraction of sp³-hybridized carbons (Fsp3) is 0.100. The number of anilines is 2. The number of aromatic nitrogens is 6. The molecule has 11 heteroatoms. The van der Waals surface area contributed by atoms with Gasteiger partial charge in [0, 0.05) is 12.4 Å². The van der Waals surface area contributed by atoms with Crippen LogP contribution in [-0.4, -0.2) is 29.9 Å². The SMILES string of the molecule is Cc1ccc(-n2cccc(N)c2=O)nn1.Cc1ccc(Br)nn1.Nc1ccc[nH]c1=O. The molecule has 0 saturated heterocycles. The molecule has 4 heterocycles. The summed E-state index contributed by atoms with van der Waals surface area (Å²) >= 11 is 3.17. The summed E-state index contributed by atoms with van der Waals surface area (Å²) in [6.45, 7) is 3.73. The van der Waals surface area contributed by atoms with Gasteiger partial charge in [0.25, 0.3) is 11.1 Å².